The largest absolute Gasteiger partial charge is 0.377 e. The van der Waals surface area contributed by atoms with Crippen LogP contribution in [0.5, 0.6) is 0 Å². The van der Waals surface area contributed by atoms with Crippen LogP contribution in [-0.4, -0.2) is 74.8 Å². The molecule has 2 rings (SSSR count). The molecule has 1 aliphatic heterocycles. The molecule has 132 valence electrons. The first kappa shape index (κ1) is 18.2. The molecule has 8 nitrogen and oxygen atoms in total. The highest BCUT2D eigenvalue weighted by Crippen LogP contribution is 2.23. The van der Waals surface area contributed by atoms with Crippen LogP contribution < -0.4 is 10.6 Å². The second-order valence-electron chi connectivity index (χ2n) is 5.67. The summed E-state index contributed by atoms with van der Waals surface area (Å²) in [5, 5.41) is 5.51. The highest BCUT2D eigenvalue weighted by atomic mass is 16.5. The van der Waals surface area contributed by atoms with E-state index in [1.165, 1.54) is 7.11 Å². The number of hydrogen-bond donors (Lipinski definition) is 2. The number of anilines is 1. The highest BCUT2D eigenvalue weighted by molar-refractivity contribution is 5.98. The van der Waals surface area contributed by atoms with E-state index in [-0.39, 0.29) is 31.4 Å². The van der Waals surface area contributed by atoms with Crippen molar-refractivity contribution < 1.29 is 19.1 Å². The number of nitrogens with one attached hydrogen (secondary N) is 2. The Morgan fingerprint density at radius 1 is 1.46 bits per heavy atom. The molecule has 0 spiro atoms. The Morgan fingerprint density at radius 2 is 2.25 bits per heavy atom. The van der Waals surface area contributed by atoms with E-state index in [0.29, 0.717) is 24.5 Å². The standard InChI is InChI=1S/C16H24N4O4/c1-17-13(21)9-16(23-3)10-20(7-8-24-11-16)15(22)12-5-4-6-19-14(12)18-2/h4-6H,7-11H2,1-3H3,(H,17,21)(H,18,19). The van der Waals surface area contributed by atoms with Gasteiger partial charge in [0.05, 0.1) is 31.7 Å². The molecule has 0 aliphatic carbocycles. The summed E-state index contributed by atoms with van der Waals surface area (Å²) in [6.45, 7) is 1.34. The molecule has 1 atom stereocenters. The fraction of sp³-hybridized carbons (Fsp3) is 0.562. The smallest absolute Gasteiger partial charge is 0.257 e. The Hall–Kier alpha value is -2.19. The monoisotopic (exact) mass is 336 g/mol. The van der Waals surface area contributed by atoms with Crippen molar-refractivity contribution in [1.82, 2.24) is 15.2 Å². The van der Waals surface area contributed by atoms with Crippen LogP contribution in [0, 0.1) is 0 Å². The number of hydrogen-bond acceptors (Lipinski definition) is 6. The van der Waals surface area contributed by atoms with E-state index in [0.717, 1.165) is 0 Å². The van der Waals surface area contributed by atoms with Gasteiger partial charge in [-0.1, -0.05) is 0 Å². The van der Waals surface area contributed by atoms with Gasteiger partial charge in [0.25, 0.3) is 5.91 Å². The maximum Gasteiger partial charge on any atom is 0.257 e. The van der Waals surface area contributed by atoms with Gasteiger partial charge >= 0.3 is 0 Å². The topological polar surface area (TPSA) is 92.8 Å². The SMILES string of the molecule is CNC(=O)CC1(OC)COCCN(C(=O)c2cccnc2NC)C1. The first-order valence-corrected chi connectivity index (χ1v) is 7.81. The van der Waals surface area contributed by atoms with Gasteiger partial charge in [-0.15, -0.1) is 0 Å². The van der Waals surface area contributed by atoms with Gasteiger partial charge in [-0.2, -0.15) is 0 Å². The van der Waals surface area contributed by atoms with Crippen LogP contribution in [0.25, 0.3) is 0 Å². The van der Waals surface area contributed by atoms with Gasteiger partial charge < -0.3 is 25.0 Å². The zero-order valence-corrected chi connectivity index (χ0v) is 14.3. The van der Waals surface area contributed by atoms with Gasteiger partial charge in [0, 0.05) is 33.9 Å². The van der Waals surface area contributed by atoms with E-state index in [1.54, 1.807) is 37.3 Å². The Labute approximate surface area is 141 Å². The molecule has 0 bridgehead atoms. The summed E-state index contributed by atoms with van der Waals surface area (Å²) in [6, 6.07) is 3.44. The summed E-state index contributed by atoms with van der Waals surface area (Å²) in [5.74, 6) is 0.185. The summed E-state index contributed by atoms with van der Waals surface area (Å²) in [5.41, 5.74) is -0.388. The molecular weight excluding hydrogens is 312 g/mol. The van der Waals surface area contributed by atoms with Crippen LogP contribution >= 0.6 is 0 Å². The molecule has 1 fully saturated rings. The minimum Gasteiger partial charge on any atom is -0.377 e. The molecule has 1 aromatic rings. The van der Waals surface area contributed by atoms with E-state index in [4.69, 9.17) is 9.47 Å². The molecule has 1 aromatic heterocycles. The van der Waals surface area contributed by atoms with Gasteiger partial charge in [0.1, 0.15) is 11.4 Å². The molecule has 1 aliphatic rings. The van der Waals surface area contributed by atoms with Crippen molar-refractivity contribution in [1.29, 1.82) is 0 Å². The molecular formula is C16H24N4O4. The quantitative estimate of drug-likeness (QED) is 0.793. The minimum absolute atomic E-state index is 0.121. The van der Waals surface area contributed by atoms with E-state index in [2.05, 4.69) is 15.6 Å². The first-order valence-electron chi connectivity index (χ1n) is 7.81. The molecule has 0 aromatic carbocycles. The van der Waals surface area contributed by atoms with Crippen molar-refractivity contribution in [3.63, 3.8) is 0 Å². The second kappa shape index (κ2) is 8.07. The molecule has 1 unspecified atom stereocenters. The Kier molecular flexibility index (Phi) is 6.10. The first-order chi connectivity index (χ1) is 11.5. The number of carbonyl (C=O) groups is 2. The van der Waals surface area contributed by atoms with Crippen molar-refractivity contribution in [2.75, 3.05) is 52.8 Å². The van der Waals surface area contributed by atoms with Gasteiger partial charge in [-0.3, -0.25) is 9.59 Å². The molecule has 0 radical (unpaired) electrons. The number of methoxy groups -OCH3 is 1. The maximum absolute atomic E-state index is 12.9. The van der Waals surface area contributed by atoms with Gasteiger partial charge in [-0.05, 0) is 12.1 Å². The normalized spacial score (nSPS) is 21.0. The molecule has 1 saturated heterocycles. The van der Waals surface area contributed by atoms with Crippen LogP contribution in [0.4, 0.5) is 5.82 Å². The van der Waals surface area contributed by atoms with Crippen LogP contribution in [-0.2, 0) is 14.3 Å². The Bertz CT molecular complexity index is 595. The zero-order valence-electron chi connectivity index (χ0n) is 14.3. The lowest BCUT2D eigenvalue weighted by Gasteiger charge is -2.33. The molecule has 2 heterocycles. The molecule has 0 saturated carbocycles. The van der Waals surface area contributed by atoms with Crippen LogP contribution in [0.1, 0.15) is 16.8 Å². The lowest BCUT2D eigenvalue weighted by Crippen LogP contribution is -2.50. The third-order valence-corrected chi connectivity index (χ3v) is 4.11. The molecule has 2 N–H and O–H groups in total. The number of carbonyl (C=O) groups excluding carboxylic acids is 2. The van der Waals surface area contributed by atoms with Crippen molar-refractivity contribution >= 4 is 17.6 Å². The van der Waals surface area contributed by atoms with E-state index in [1.807, 2.05) is 0 Å². The van der Waals surface area contributed by atoms with Crippen molar-refractivity contribution in [2.24, 2.45) is 0 Å². The molecule has 8 heteroatoms. The Morgan fingerprint density at radius 3 is 2.92 bits per heavy atom. The zero-order chi connectivity index (χ0) is 17.6. The number of amides is 2. The third-order valence-electron chi connectivity index (χ3n) is 4.11. The van der Waals surface area contributed by atoms with Gasteiger partial charge in [-0.25, -0.2) is 4.98 Å². The number of aromatic nitrogens is 1. The van der Waals surface area contributed by atoms with Crippen LogP contribution in [0.15, 0.2) is 18.3 Å². The Balaban J connectivity index is 2.25. The van der Waals surface area contributed by atoms with E-state index < -0.39 is 5.60 Å². The van der Waals surface area contributed by atoms with Crippen LogP contribution in [0.3, 0.4) is 0 Å². The number of ether oxygens (including phenoxy) is 2. The third kappa shape index (κ3) is 4.01. The van der Waals surface area contributed by atoms with Gasteiger partial charge in [0.2, 0.25) is 5.91 Å². The fourth-order valence-corrected chi connectivity index (χ4v) is 2.71. The van der Waals surface area contributed by atoms with Crippen molar-refractivity contribution in [3.8, 4) is 0 Å². The summed E-state index contributed by atoms with van der Waals surface area (Å²) >= 11 is 0. The van der Waals surface area contributed by atoms with Crippen LogP contribution in [0.2, 0.25) is 0 Å². The number of pyridine rings is 1. The molecule has 24 heavy (non-hydrogen) atoms. The van der Waals surface area contributed by atoms with E-state index >= 15 is 0 Å². The van der Waals surface area contributed by atoms with Crippen molar-refractivity contribution in [2.45, 2.75) is 12.0 Å². The number of rotatable bonds is 5. The van der Waals surface area contributed by atoms with E-state index in [9.17, 15) is 9.59 Å². The average Bonchev–Trinajstić information content (AvgIpc) is 2.84. The maximum atomic E-state index is 12.9. The average molecular weight is 336 g/mol. The summed E-state index contributed by atoms with van der Waals surface area (Å²) < 4.78 is 11.2. The predicted molar refractivity (Wildman–Crippen MR) is 88.9 cm³/mol. The summed E-state index contributed by atoms with van der Waals surface area (Å²) in [6.07, 6.45) is 1.74. The second-order valence-corrected chi connectivity index (χ2v) is 5.67. The fourth-order valence-electron chi connectivity index (χ4n) is 2.71. The lowest BCUT2D eigenvalue weighted by atomic mass is 9.98. The number of nitrogens with zero attached hydrogens (tertiary/aromatic N) is 2. The predicted octanol–water partition coefficient (Wildman–Crippen LogP) is 0.117. The van der Waals surface area contributed by atoms with Gasteiger partial charge in [0.15, 0.2) is 0 Å². The summed E-state index contributed by atoms with van der Waals surface area (Å²) in [7, 11) is 4.82. The summed E-state index contributed by atoms with van der Waals surface area (Å²) in [4.78, 5) is 30.6. The van der Waals surface area contributed by atoms with Crippen molar-refractivity contribution in [3.05, 3.63) is 23.9 Å². The highest BCUT2D eigenvalue weighted by Gasteiger charge is 2.39. The lowest BCUT2D eigenvalue weighted by molar-refractivity contribution is -0.131. The minimum atomic E-state index is -0.867. The molecule has 2 amide bonds.